The van der Waals surface area contributed by atoms with Crippen LogP contribution in [0.3, 0.4) is 0 Å². The fourth-order valence-corrected chi connectivity index (χ4v) is 2.67. The summed E-state index contributed by atoms with van der Waals surface area (Å²) in [4.78, 5) is 25.8. The first-order valence-corrected chi connectivity index (χ1v) is 7.37. The van der Waals surface area contributed by atoms with Crippen molar-refractivity contribution in [2.24, 2.45) is 11.7 Å². The van der Waals surface area contributed by atoms with Crippen molar-refractivity contribution in [1.82, 2.24) is 5.32 Å². The van der Waals surface area contributed by atoms with Crippen LogP contribution in [0, 0.1) is 5.92 Å². The van der Waals surface area contributed by atoms with Gasteiger partial charge in [-0.3, -0.25) is 9.59 Å². The van der Waals surface area contributed by atoms with Gasteiger partial charge in [0.15, 0.2) is 11.5 Å². The second kappa shape index (κ2) is 6.23. The molecule has 0 bridgehead atoms. The average molecular weight is 305 g/mol. The van der Waals surface area contributed by atoms with Crippen LogP contribution < -0.4 is 25.4 Å². The Labute approximate surface area is 128 Å². The molecule has 7 heteroatoms. The molecule has 118 valence electrons. The smallest absolute Gasteiger partial charge is 0.227 e. The molecule has 2 aliphatic heterocycles. The van der Waals surface area contributed by atoms with Gasteiger partial charge in [0.2, 0.25) is 11.8 Å². The van der Waals surface area contributed by atoms with Gasteiger partial charge in [0.25, 0.3) is 0 Å². The normalized spacial score (nSPS) is 20.1. The van der Waals surface area contributed by atoms with E-state index in [4.69, 9.17) is 15.2 Å². The van der Waals surface area contributed by atoms with Crippen LogP contribution in [0.5, 0.6) is 11.5 Å². The van der Waals surface area contributed by atoms with Crippen molar-refractivity contribution in [3.05, 3.63) is 18.2 Å². The Kier molecular flexibility index (Phi) is 4.15. The average Bonchev–Trinajstić information content (AvgIpc) is 2.94. The van der Waals surface area contributed by atoms with Gasteiger partial charge in [0.05, 0.1) is 5.92 Å². The number of hydrogen-bond donors (Lipinski definition) is 2. The molecule has 0 aromatic heterocycles. The number of amides is 2. The first-order chi connectivity index (χ1) is 10.7. The molecule has 1 atom stereocenters. The fourth-order valence-electron chi connectivity index (χ4n) is 2.67. The van der Waals surface area contributed by atoms with E-state index in [-0.39, 0.29) is 24.2 Å². The van der Waals surface area contributed by atoms with Crippen LogP contribution in [0.15, 0.2) is 18.2 Å². The highest BCUT2D eigenvalue weighted by molar-refractivity contribution is 6.00. The van der Waals surface area contributed by atoms with Gasteiger partial charge in [-0.1, -0.05) is 0 Å². The third kappa shape index (κ3) is 2.85. The predicted molar refractivity (Wildman–Crippen MR) is 80.0 cm³/mol. The van der Waals surface area contributed by atoms with E-state index in [1.807, 2.05) is 6.07 Å². The van der Waals surface area contributed by atoms with Crippen LogP contribution in [0.25, 0.3) is 0 Å². The molecule has 7 nitrogen and oxygen atoms in total. The summed E-state index contributed by atoms with van der Waals surface area (Å²) in [5.41, 5.74) is 6.09. The van der Waals surface area contributed by atoms with Crippen molar-refractivity contribution >= 4 is 17.5 Å². The summed E-state index contributed by atoms with van der Waals surface area (Å²) in [5.74, 6) is 0.780. The zero-order valence-corrected chi connectivity index (χ0v) is 12.2. The molecule has 0 spiro atoms. The van der Waals surface area contributed by atoms with E-state index in [1.54, 1.807) is 17.0 Å². The minimum Gasteiger partial charge on any atom is -0.486 e. The summed E-state index contributed by atoms with van der Waals surface area (Å²) in [6, 6.07) is 5.39. The number of nitrogens with two attached hydrogens (primary N) is 1. The van der Waals surface area contributed by atoms with Crippen LogP contribution in [0.4, 0.5) is 5.69 Å². The quantitative estimate of drug-likeness (QED) is 0.809. The number of fused-ring (bicyclic) bond motifs is 1. The van der Waals surface area contributed by atoms with E-state index in [2.05, 4.69) is 5.32 Å². The zero-order valence-electron chi connectivity index (χ0n) is 12.2. The Morgan fingerprint density at radius 2 is 2.09 bits per heavy atom. The van der Waals surface area contributed by atoms with Crippen molar-refractivity contribution in [2.45, 2.75) is 6.42 Å². The monoisotopic (exact) mass is 305 g/mol. The van der Waals surface area contributed by atoms with Gasteiger partial charge in [0.1, 0.15) is 13.2 Å². The molecule has 2 heterocycles. The van der Waals surface area contributed by atoms with E-state index in [0.29, 0.717) is 44.3 Å². The molecule has 1 unspecified atom stereocenters. The molecule has 1 aromatic carbocycles. The van der Waals surface area contributed by atoms with Gasteiger partial charge in [-0.15, -0.1) is 0 Å². The Hall–Kier alpha value is -2.28. The minimum absolute atomic E-state index is 0.0652. The van der Waals surface area contributed by atoms with Crippen molar-refractivity contribution < 1.29 is 19.1 Å². The summed E-state index contributed by atoms with van der Waals surface area (Å²) in [6.45, 7) is 2.20. The molecule has 3 rings (SSSR count). The van der Waals surface area contributed by atoms with Gasteiger partial charge < -0.3 is 25.4 Å². The molecule has 3 N–H and O–H groups in total. The van der Waals surface area contributed by atoms with Crippen molar-refractivity contribution in [2.75, 3.05) is 37.7 Å². The summed E-state index contributed by atoms with van der Waals surface area (Å²) >= 11 is 0. The molecule has 2 aliphatic rings. The molecular weight excluding hydrogens is 286 g/mol. The lowest BCUT2D eigenvalue weighted by Gasteiger charge is -2.22. The van der Waals surface area contributed by atoms with Gasteiger partial charge in [-0.05, 0) is 12.1 Å². The highest BCUT2D eigenvalue weighted by atomic mass is 16.6. The SMILES string of the molecule is NCCNC(=O)C1CC(=O)N(c2ccc3c(c2)OCCO3)C1. The van der Waals surface area contributed by atoms with Crippen LogP contribution in [0.1, 0.15) is 6.42 Å². The maximum atomic E-state index is 12.2. The largest absolute Gasteiger partial charge is 0.486 e. The summed E-state index contributed by atoms with van der Waals surface area (Å²) in [5, 5.41) is 2.73. The molecule has 1 aromatic rings. The first-order valence-electron chi connectivity index (χ1n) is 7.37. The summed E-state index contributed by atoms with van der Waals surface area (Å²) < 4.78 is 11.0. The van der Waals surface area contributed by atoms with E-state index >= 15 is 0 Å². The fraction of sp³-hybridized carbons (Fsp3) is 0.467. The Balaban J connectivity index is 1.72. The number of anilines is 1. The molecule has 2 amide bonds. The van der Waals surface area contributed by atoms with Crippen molar-refractivity contribution in [3.8, 4) is 11.5 Å². The Bertz CT molecular complexity index is 590. The Morgan fingerprint density at radius 1 is 1.32 bits per heavy atom. The highest BCUT2D eigenvalue weighted by Crippen LogP contribution is 2.35. The van der Waals surface area contributed by atoms with Crippen molar-refractivity contribution in [3.63, 3.8) is 0 Å². The lowest BCUT2D eigenvalue weighted by molar-refractivity contribution is -0.126. The number of ether oxygens (including phenoxy) is 2. The number of carbonyl (C=O) groups excluding carboxylic acids is 2. The first kappa shape index (κ1) is 14.6. The van der Waals surface area contributed by atoms with Crippen LogP contribution in [-0.2, 0) is 9.59 Å². The van der Waals surface area contributed by atoms with Crippen LogP contribution in [-0.4, -0.2) is 44.7 Å². The molecular formula is C15H19N3O4. The van der Waals surface area contributed by atoms with Gasteiger partial charge in [-0.25, -0.2) is 0 Å². The number of rotatable bonds is 4. The number of nitrogens with one attached hydrogen (secondary N) is 1. The number of hydrogen-bond acceptors (Lipinski definition) is 5. The van der Waals surface area contributed by atoms with E-state index in [1.165, 1.54) is 0 Å². The van der Waals surface area contributed by atoms with Gasteiger partial charge >= 0.3 is 0 Å². The van der Waals surface area contributed by atoms with Gasteiger partial charge in [0, 0.05) is 37.8 Å². The van der Waals surface area contributed by atoms with Crippen LogP contribution >= 0.6 is 0 Å². The highest BCUT2D eigenvalue weighted by Gasteiger charge is 2.35. The molecule has 1 fully saturated rings. The van der Waals surface area contributed by atoms with E-state index in [9.17, 15) is 9.59 Å². The maximum absolute atomic E-state index is 12.2. The standard InChI is InChI=1S/C15H19N3O4/c16-3-4-17-15(20)10-7-14(19)18(9-10)11-1-2-12-13(8-11)22-6-5-21-12/h1-2,8,10H,3-7,9,16H2,(H,17,20). The minimum atomic E-state index is -0.341. The second-order valence-corrected chi connectivity index (χ2v) is 5.31. The van der Waals surface area contributed by atoms with Crippen LogP contribution in [0.2, 0.25) is 0 Å². The number of nitrogens with zero attached hydrogens (tertiary/aromatic N) is 1. The zero-order chi connectivity index (χ0) is 15.5. The predicted octanol–water partition coefficient (Wildman–Crippen LogP) is -0.114. The second-order valence-electron chi connectivity index (χ2n) is 5.31. The van der Waals surface area contributed by atoms with Gasteiger partial charge in [-0.2, -0.15) is 0 Å². The lowest BCUT2D eigenvalue weighted by atomic mass is 10.1. The van der Waals surface area contributed by atoms with Crippen molar-refractivity contribution in [1.29, 1.82) is 0 Å². The summed E-state index contributed by atoms with van der Waals surface area (Å²) in [7, 11) is 0. The summed E-state index contributed by atoms with van der Waals surface area (Å²) in [6.07, 6.45) is 0.213. The molecule has 0 radical (unpaired) electrons. The molecule has 0 saturated carbocycles. The number of benzene rings is 1. The maximum Gasteiger partial charge on any atom is 0.227 e. The van der Waals surface area contributed by atoms with E-state index in [0.717, 1.165) is 5.69 Å². The lowest BCUT2D eigenvalue weighted by Crippen LogP contribution is -2.35. The number of carbonyl (C=O) groups is 2. The topological polar surface area (TPSA) is 93.9 Å². The Morgan fingerprint density at radius 3 is 2.86 bits per heavy atom. The molecule has 0 aliphatic carbocycles. The molecule has 22 heavy (non-hydrogen) atoms. The third-order valence-corrected chi connectivity index (χ3v) is 3.78. The third-order valence-electron chi connectivity index (χ3n) is 3.78. The molecule has 1 saturated heterocycles. The van der Waals surface area contributed by atoms with E-state index < -0.39 is 0 Å².